The molecule has 2 amide bonds. The lowest BCUT2D eigenvalue weighted by atomic mass is 10.1. The number of alkyl halides is 3. The van der Waals surface area contributed by atoms with E-state index in [2.05, 4.69) is 15.6 Å². The number of aromatic nitrogens is 1. The third-order valence-electron chi connectivity index (χ3n) is 4.00. The molecule has 0 radical (unpaired) electrons. The Bertz CT molecular complexity index is 1050. The molecule has 0 fully saturated rings. The molecule has 29 heavy (non-hydrogen) atoms. The quantitative estimate of drug-likeness (QED) is 0.655. The number of benzene rings is 2. The molecule has 0 saturated heterocycles. The molecule has 2 aromatic carbocycles. The van der Waals surface area contributed by atoms with Crippen LogP contribution in [-0.2, 0) is 6.18 Å². The third-order valence-corrected chi connectivity index (χ3v) is 4.00. The molecular formula is C21H16F3N3O2. The summed E-state index contributed by atoms with van der Waals surface area (Å²) in [5.41, 5.74) is 1.14. The Morgan fingerprint density at radius 1 is 0.862 bits per heavy atom. The fourth-order valence-electron chi connectivity index (χ4n) is 2.56. The van der Waals surface area contributed by atoms with Crippen molar-refractivity contribution in [3.8, 4) is 0 Å². The summed E-state index contributed by atoms with van der Waals surface area (Å²) in [5.74, 6) is -1.06. The number of carbonyl (C=O) groups is 2. The third kappa shape index (κ3) is 5.19. The van der Waals surface area contributed by atoms with Gasteiger partial charge in [-0.25, -0.2) is 0 Å². The molecule has 0 aliphatic heterocycles. The van der Waals surface area contributed by atoms with Gasteiger partial charge in [0.1, 0.15) is 5.69 Å². The zero-order chi connectivity index (χ0) is 21.0. The number of aryl methyl sites for hydroxylation is 1. The number of nitrogens with one attached hydrogen (secondary N) is 2. The number of pyridine rings is 1. The van der Waals surface area contributed by atoms with Gasteiger partial charge in [-0.3, -0.25) is 14.6 Å². The lowest BCUT2D eigenvalue weighted by molar-refractivity contribution is -0.137. The van der Waals surface area contributed by atoms with Gasteiger partial charge < -0.3 is 10.6 Å². The van der Waals surface area contributed by atoms with Gasteiger partial charge in [0.2, 0.25) is 0 Å². The number of rotatable bonds is 4. The van der Waals surface area contributed by atoms with Gasteiger partial charge in [0, 0.05) is 23.1 Å². The molecule has 0 unspecified atom stereocenters. The molecule has 5 nitrogen and oxygen atoms in total. The van der Waals surface area contributed by atoms with E-state index in [0.29, 0.717) is 5.69 Å². The molecular weight excluding hydrogens is 383 g/mol. The molecule has 3 aromatic rings. The largest absolute Gasteiger partial charge is 0.416 e. The standard InChI is InChI=1S/C21H16F3N3O2/c1-13-3-2-4-17(11-13)27-20(29)18-12-14(9-10-25-18)19(28)26-16-7-5-15(6-8-16)21(22,23)24/h2-12H,1H3,(H,26,28)(H,27,29). The molecule has 148 valence electrons. The van der Waals surface area contributed by atoms with Crippen LogP contribution in [0.3, 0.4) is 0 Å². The molecule has 1 aromatic heterocycles. The number of anilines is 2. The number of amides is 2. The fourth-order valence-corrected chi connectivity index (χ4v) is 2.56. The van der Waals surface area contributed by atoms with E-state index < -0.39 is 23.6 Å². The van der Waals surface area contributed by atoms with Gasteiger partial charge in [0.05, 0.1) is 5.56 Å². The molecule has 3 rings (SSSR count). The summed E-state index contributed by atoms with van der Waals surface area (Å²) < 4.78 is 37.8. The number of hydrogen-bond donors (Lipinski definition) is 2. The van der Waals surface area contributed by atoms with Gasteiger partial charge in [-0.2, -0.15) is 13.2 Å². The van der Waals surface area contributed by atoms with Crippen LogP contribution in [0.5, 0.6) is 0 Å². The first-order valence-corrected chi connectivity index (χ1v) is 8.55. The second kappa shape index (κ2) is 8.14. The minimum absolute atomic E-state index is 0.0339. The zero-order valence-electron chi connectivity index (χ0n) is 15.2. The Morgan fingerprint density at radius 2 is 1.55 bits per heavy atom. The second-order valence-corrected chi connectivity index (χ2v) is 6.28. The first kappa shape index (κ1) is 20.1. The molecule has 0 aliphatic carbocycles. The van der Waals surface area contributed by atoms with E-state index in [1.54, 1.807) is 18.2 Å². The van der Waals surface area contributed by atoms with Crippen LogP contribution in [0, 0.1) is 6.92 Å². The molecule has 8 heteroatoms. The van der Waals surface area contributed by atoms with E-state index in [1.165, 1.54) is 18.3 Å². The fraction of sp³-hybridized carbons (Fsp3) is 0.0952. The van der Waals surface area contributed by atoms with Crippen molar-refractivity contribution in [2.45, 2.75) is 13.1 Å². The Kier molecular flexibility index (Phi) is 5.63. The van der Waals surface area contributed by atoms with Crippen molar-refractivity contribution in [2.75, 3.05) is 10.6 Å². The summed E-state index contributed by atoms with van der Waals surface area (Å²) in [7, 11) is 0. The Labute approximate surface area is 164 Å². The van der Waals surface area contributed by atoms with Crippen molar-refractivity contribution in [1.29, 1.82) is 0 Å². The SMILES string of the molecule is Cc1cccc(NC(=O)c2cc(C(=O)Nc3ccc(C(F)(F)F)cc3)ccn2)c1. The van der Waals surface area contributed by atoms with Crippen molar-refractivity contribution in [2.24, 2.45) is 0 Å². The predicted octanol–water partition coefficient (Wildman–Crippen LogP) is 4.91. The van der Waals surface area contributed by atoms with Crippen LogP contribution in [0.1, 0.15) is 32.0 Å². The van der Waals surface area contributed by atoms with Crippen LogP contribution in [0.4, 0.5) is 24.5 Å². The molecule has 0 spiro atoms. The maximum absolute atomic E-state index is 12.6. The molecule has 1 heterocycles. The van der Waals surface area contributed by atoms with Crippen LogP contribution in [0.15, 0.2) is 66.9 Å². The molecule has 0 bridgehead atoms. The maximum atomic E-state index is 12.6. The Balaban J connectivity index is 1.71. The van der Waals surface area contributed by atoms with E-state index in [-0.39, 0.29) is 16.9 Å². The van der Waals surface area contributed by atoms with E-state index in [4.69, 9.17) is 0 Å². The number of carbonyl (C=O) groups excluding carboxylic acids is 2. The van der Waals surface area contributed by atoms with Crippen molar-refractivity contribution >= 4 is 23.2 Å². The van der Waals surface area contributed by atoms with Crippen LogP contribution in [0.2, 0.25) is 0 Å². The lowest BCUT2D eigenvalue weighted by Gasteiger charge is -2.09. The van der Waals surface area contributed by atoms with Gasteiger partial charge in [-0.05, 0) is 61.0 Å². The summed E-state index contributed by atoms with van der Waals surface area (Å²) >= 11 is 0. The summed E-state index contributed by atoms with van der Waals surface area (Å²) in [6.07, 6.45) is -3.14. The first-order valence-electron chi connectivity index (χ1n) is 8.55. The van der Waals surface area contributed by atoms with Gasteiger partial charge in [-0.1, -0.05) is 12.1 Å². The molecule has 0 aliphatic rings. The maximum Gasteiger partial charge on any atom is 0.416 e. The van der Waals surface area contributed by atoms with Crippen molar-refractivity contribution < 1.29 is 22.8 Å². The highest BCUT2D eigenvalue weighted by Gasteiger charge is 2.30. The minimum Gasteiger partial charge on any atom is -0.322 e. The Hall–Kier alpha value is -3.68. The summed E-state index contributed by atoms with van der Waals surface area (Å²) in [6.45, 7) is 1.89. The second-order valence-electron chi connectivity index (χ2n) is 6.28. The first-order chi connectivity index (χ1) is 13.7. The highest BCUT2D eigenvalue weighted by atomic mass is 19.4. The van der Waals surface area contributed by atoms with Crippen molar-refractivity contribution in [3.05, 3.63) is 89.2 Å². The van der Waals surface area contributed by atoms with E-state index >= 15 is 0 Å². The van der Waals surface area contributed by atoms with Gasteiger partial charge in [-0.15, -0.1) is 0 Å². The predicted molar refractivity (Wildman–Crippen MR) is 103 cm³/mol. The number of hydrogen-bond acceptors (Lipinski definition) is 3. The van der Waals surface area contributed by atoms with Crippen molar-refractivity contribution in [1.82, 2.24) is 4.98 Å². The summed E-state index contributed by atoms with van der Waals surface area (Å²) in [4.78, 5) is 28.7. The van der Waals surface area contributed by atoms with E-state index in [0.717, 1.165) is 29.8 Å². The average molecular weight is 399 g/mol. The number of nitrogens with zero attached hydrogens (tertiary/aromatic N) is 1. The Morgan fingerprint density at radius 3 is 2.21 bits per heavy atom. The van der Waals surface area contributed by atoms with Crippen LogP contribution in [0.25, 0.3) is 0 Å². The van der Waals surface area contributed by atoms with E-state index in [1.807, 2.05) is 13.0 Å². The number of halogens is 3. The van der Waals surface area contributed by atoms with Crippen LogP contribution >= 0.6 is 0 Å². The van der Waals surface area contributed by atoms with Gasteiger partial charge in [0.15, 0.2) is 0 Å². The smallest absolute Gasteiger partial charge is 0.322 e. The monoisotopic (exact) mass is 399 g/mol. The van der Waals surface area contributed by atoms with E-state index in [9.17, 15) is 22.8 Å². The van der Waals surface area contributed by atoms with Crippen molar-refractivity contribution in [3.63, 3.8) is 0 Å². The average Bonchev–Trinajstić information content (AvgIpc) is 2.68. The van der Waals surface area contributed by atoms with Crippen LogP contribution < -0.4 is 10.6 Å². The van der Waals surface area contributed by atoms with Gasteiger partial charge >= 0.3 is 6.18 Å². The molecule has 0 saturated carbocycles. The molecule has 2 N–H and O–H groups in total. The summed E-state index contributed by atoms with van der Waals surface area (Å²) in [5, 5.41) is 5.19. The highest BCUT2D eigenvalue weighted by molar-refractivity contribution is 6.07. The van der Waals surface area contributed by atoms with Crippen LogP contribution in [-0.4, -0.2) is 16.8 Å². The lowest BCUT2D eigenvalue weighted by Crippen LogP contribution is -2.17. The zero-order valence-corrected chi connectivity index (χ0v) is 15.2. The van der Waals surface area contributed by atoms with Gasteiger partial charge in [0.25, 0.3) is 11.8 Å². The highest BCUT2D eigenvalue weighted by Crippen LogP contribution is 2.29. The minimum atomic E-state index is -4.45. The normalized spacial score (nSPS) is 11.0. The topological polar surface area (TPSA) is 71.1 Å². The molecule has 0 atom stereocenters. The summed E-state index contributed by atoms with van der Waals surface area (Å²) in [6, 6.07) is 14.0.